The second-order valence-electron chi connectivity index (χ2n) is 5.97. The molecule has 3 rings (SSSR count). The van der Waals surface area contributed by atoms with Gasteiger partial charge >= 0.3 is 0 Å². The van der Waals surface area contributed by atoms with Gasteiger partial charge in [0.15, 0.2) is 5.75 Å². The highest BCUT2D eigenvalue weighted by Crippen LogP contribution is 2.29. The van der Waals surface area contributed by atoms with Gasteiger partial charge in [0, 0.05) is 23.6 Å². The Bertz CT molecular complexity index is 944. The highest BCUT2D eigenvalue weighted by Gasteiger charge is 2.10. The van der Waals surface area contributed by atoms with Gasteiger partial charge in [-0.1, -0.05) is 41.9 Å². The molecule has 0 atom stereocenters. The Balaban J connectivity index is 1.52. The summed E-state index contributed by atoms with van der Waals surface area (Å²) in [6.07, 6.45) is 0.138. The summed E-state index contributed by atoms with van der Waals surface area (Å²) >= 11 is 5.81. The minimum absolute atomic E-state index is 0.138. The van der Waals surface area contributed by atoms with E-state index in [0.29, 0.717) is 27.8 Å². The van der Waals surface area contributed by atoms with Gasteiger partial charge in [-0.3, -0.25) is 9.59 Å². The first kappa shape index (κ1) is 19.5. The van der Waals surface area contributed by atoms with Crippen molar-refractivity contribution >= 4 is 29.1 Å². The molecule has 0 radical (unpaired) electrons. The second-order valence-corrected chi connectivity index (χ2v) is 6.41. The maximum Gasteiger partial charge on any atom is 0.251 e. The topological polar surface area (TPSA) is 67.4 Å². The van der Waals surface area contributed by atoms with E-state index in [2.05, 4.69) is 10.6 Å². The van der Waals surface area contributed by atoms with Crippen LogP contribution in [0.25, 0.3) is 0 Å². The largest absolute Gasteiger partial charge is 0.455 e. The summed E-state index contributed by atoms with van der Waals surface area (Å²) < 4.78 is 5.83. The molecule has 5 nitrogen and oxygen atoms in total. The van der Waals surface area contributed by atoms with E-state index >= 15 is 0 Å². The number of ether oxygens (including phenoxy) is 1. The molecule has 0 unspecified atom stereocenters. The van der Waals surface area contributed by atoms with E-state index in [1.54, 1.807) is 36.4 Å². The first-order valence-corrected chi connectivity index (χ1v) is 9.15. The molecule has 142 valence electrons. The highest BCUT2D eigenvalue weighted by molar-refractivity contribution is 6.30. The van der Waals surface area contributed by atoms with Gasteiger partial charge in [-0.25, -0.2) is 0 Å². The number of anilines is 1. The molecule has 3 aromatic carbocycles. The molecule has 6 heteroatoms. The van der Waals surface area contributed by atoms with Crippen LogP contribution in [0.2, 0.25) is 5.02 Å². The van der Waals surface area contributed by atoms with E-state index in [9.17, 15) is 9.59 Å². The van der Waals surface area contributed by atoms with E-state index in [4.69, 9.17) is 16.3 Å². The fourth-order valence-corrected chi connectivity index (χ4v) is 2.61. The van der Waals surface area contributed by atoms with E-state index in [0.717, 1.165) is 0 Å². The maximum atomic E-state index is 12.2. The summed E-state index contributed by atoms with van der Waals surface area (Å²) in [6.45, 7) is 0.217. The van der Waals surface area contributed by atoms with Crippen LogP contribution in [0.4, 0.5) is 5.69 Å². The maximum absolute atomic E-state index is 12.2. The summed E-state index contributed by atoms with van der Waals surface area (Å²) in [6, 6.07) is 23.1. The van der Waals surface area contributed by atoms with Gasteiger partial charge in [0.25, 0.3) is 5.91 Å². The third kappa shape index (κ3) is 5.59. The molecule has 28 heavy (non-hydrogen) atoms. The lowest BCUT2D eigenvalue weighted by Gasteiger charge is -2.12. The van der Waals surface area contributed by atoms with Crippen molar-refractivity contribution < 1.29 is 14.3 Å². The van der Waals surface area contributed by atoms with Crippen LogP contribution in [0.1, 0.15) is 16.8 Å². The molecule has 2 amide bonds. The number of hydrogen-bond acceptors (Lipinski definition) is 3. The van der Waals surface area contributed by atoms with Crippen molar-refractivity contribution in [3.8, 4) is 11.5 Å². The molecule has 0 saturated heterocycles. The molecule has 0 spiro atoms. The van der Waals surface area contributed by atoms with Gasteiger partial charge in [0.1, 0.15) is 5.75 Å². The Kier molecular flexibility index (Phi) is 6.65. The normalized spacial score (nSPS) is 10.2. The predicted octanol–water partition coefficient (Wildman–Crippen LogP) is 4.89. The first-order chi connectivity index (χ1) is 13.6. The van der Waals surface area contributed by atoms with Crippen LogP contribution in [0.5, 0.6) is 11.5 Å². The van der Waals surface area contributed by atoms with Crippen molar-refractivity contribution in [3.05, 3.63) is 89.4 Å². The van der Waals surface area contributed by atoms with Crippen LogP contribution in [0.15, 0.2) is 78.9 Å². The quantitative estimate of drug-likeness (QED) is 0.599. The number of amides is 2. The number of carbonyl (C=O) groups is 2. The van der Waals surface area contributed by atoms with Crippen LogP contribution in [0, 0.1) is 0 Å². The summed E-state index contributed by atoms with van der Waals surface area (Å²) in [4.78, 5) is 24.3. The molecule has 0 bridgehead atoms. The number of rotatable bonds is 7. The van der Waals surface area contributed by atoms with Crippen molar-refractivity contribution in [3.63, 3.8) is 0 Å². The molecule has 0 aliphatic heterocycles. The average molecular weight is 395 g/mol. The Morgan fingerprint density at radius 2 is 1.54 bits per heavy atom. The third-order valence-electron chi connectivity index (χ3n) is 3.88. The van der Waals surface area contributed by atoms with Gasteiger partial charge in [0.2, 0.25) is 5.91 Å². The molecule has 0 heterocycles. The lowest BCUT2D eigenvalue weighted by Crippen LogP contribution is -2.27. The van der Waals surface area contributed by atoms with Crippen LogP contribution < -0.4 is 15.4 Å². The third-order valence-corrected chi connectivity index (χ3v) is 4.13. The smallest absolute Gasteiger partial charge is 0.251 e. The van der Waals surface area contributed by atoms with Crippen molar-refractivity contribution in [1.82, 2.24) is 5.32 Å². The summed E-state index contributed by atoms with van der Waals surface area (Å²) in [5.74, 6) is 0.754. The highest BCUT2D eigenvalue weighted by atomic mass is 35.5. The molecule has 2 N–H and O–H groups in total. The Hall–Kier alpha value is -3.31. The SMILES string of the molecule is O=C(CCNC(=O)c1ccc(Cl)cc1)Nc1ccccc1Oc1ccccc1. The summed E-state index contributed by atoms with van der Waals surface area (Å²) in [5, 5.41) is 6.10. The van der Waals surface area contributed by atoms with Crippen LogP contribution >= 0.6 is 11.6 Å². The molecule has 0 aliphatic rings. The zero-order chi connectivity index (χ0) is 19.8. The van der Waals surface area contributed by atoms with Crippen LogP contribution in [0.3, 0.4) is 0 Å². The van der Waals surface area contributed by atoms with Gasteiger partial charge in [-0.15, -0.1) is 0 Å². The lowest BCUT2D eigenvalue weighted by atomic mass is 10.2. The summed E-state index contributed by atoms with van der Waals surface area (Å²) in [7, 11) is 0. The van der Waals surface area contributed by atoms with Crippen molar-refractivity contribution in [2.75, 3.05) is 11.9 Å². The zero-order valence-electron chi connectivity index (χ0n) is 15.0. The predicted molar refractivity (Wildman–Crippen MR) is 110 cm³/mol. The summed E-state index contributed by atoms with van der Waals surface area (Å²) in [5.41, 5.74) is 1.06. The molecule has 3 aromatic rings. The molecular formula is C22H19ClN2O3. The van der Waals surface area contributed by atoms with Crippen molar-refractivity contribution in [2.45, 2.75) is 6.42 Å². The number of carbonyl (C=O) groups excluding carboxylic acids is 2. The molecule has 0 aromatic heterocycles. The molecule has 0 saturated carbocycles. The molecule has 0 aliphatic carbocycles. The Labute approximate surface area is 168 Å². The first-order valence-electron chi connectivity index (χ1n) is 8.77. The average Bonchev–Trinajstić information content (AvgIpc) is 2.71. The standard InChI is InChI=1S/C22H19ClN2O3/c23-17-12-10-16(11-13-17)22(27)24-15-14-21(26)25-19-8-4-5-9-20(19)28-18-6-2-1-3-7-18/h1-13H,14-15H2,(H,24,27)(H,25,26). The fraction of sp³-hybridized carbons (Fsp3) is 0.0909. The Morgan fingerprint density at radius 1 is 0.857 bits per heavy atom. The van der Waals surface area contributed by atoms with Crippen LogP contribution in [-0.2, 0) is 4.79 Å². The lowest BCUT2D eigenvalue weighted by molar-refractivity contribution is -0.116. The van der Waals surface area contributed by atoms with Crippen molar-refractivity contribution in [1.29, 1.82) is 0 Å². The zero-order valence-corrected chi connectivity index (χ0v) is 15.8. The van der Waals surface area contributed by atoms with Crippen molar-refractivity contribution in [2.24, 2.45) is 0 Å². The van der Waals surface area contributed by atoms with Gasteiger partial charge in [0.05, 0.1) is 5.69 Å². The minimum Gasteiger partial charge on any atom is -0.455 e. The molecular weight excluding hydrogens is 376 g/mol. The van der Waals surface area contributed by atoms with E-state index < -0.39 is 0 Å². The number of para-hydroxylation sites is 3. The number of hydrogen-bond donors (Lipinski definition) is 2. The number of halogens is 1. The number of nitrogens with one attached hydrogen (secondary N) is 2. The van der Waals surface area contributed by atoms with E-state index in [1.165, 1.54) is 0 Å². The fourth-order valence-electron chi connectivity index (χ4n) is 2.48. The number of benzene rings is 3. The Morgan fingerprint density at radius 3 is 2.29 bits per heavy atom. The van der Waals surface area contributed by atoms with E-state index in [-0.39, 0.29) is 24.8 Å². The van der Waals surface area contributed by atoms with Gasteiger partial charge in [-0.2, -0.15) is 0 Å². The second kappa shape index (κ2) is 9.58. The van der Waals surface area contributed by atoms with Gasteiger partial charge in [-0.05, 0) is 48.5 Å². The van der Waals surface area contributed by atoms with E-state index in [1.807, 2.05) is 42.5 Å². The van der Waals surface area contributed by atoms with Crippen LogP contribution in [-0.4, -0.2) is 18.4 Å². The van der Waals surface area contributed by atoms with Gasteiger partial charge < -0.3 is 15.4 Å². The minimum atomic E-state index is -0.253. The monoisotopic (exact) mass is 394 g/mol. The molecule has 0 fully saturated rings.